The van der Waals surface area contributed by atoms with Gasteiger partial charge in [-0.25, -0.2) is 4.98 Å². The Labute approximate surface area is 123 Å². The summed E-state index contributed by atoms with van der Waals surface area (Å²) in [6.07, 6.45) is 3.96. The van der Waals surface area contributed by atoms with Gasteiger partial charge in [-0.1, -0.05) is 6.07 Å². The Bertz CT molecular complexity index is 662. The molecule has 2 aromatic heterocycles. The number of nitrogens with zero attached hydrogens (tertiary/aromatic N) is 2. The van der Waals surface area contributed by atoms with Gasteiger partial charge in [0.1, 0.15) is 5.65 Å². The Hall–Kier alpha value is -1.88. The minimum absolute atomic E-state index is 0.175. The average molecular weight is 284 g/mol. The van der Waals surface area contributed by atoms with Crippen LogP contribution in [0.25, 0.3) is 5.65 Å². The van der Waals surface area contributed by atoms with E-state index in [0.717, 1.165) is 24.4 Å². The normalized spacial score (nSPS) is 27.6. The number of fused-ring (bicyclic) bond motifs is 2. The van der Waals surface area contributed by atoms with Gasteiger partial charge < -0.3 is 15.0 Å². The number of piperidine rings is 1. The number of hydrogen-bond acceptors (Lipinski definition) is 3. The standard InChI is InChI=1S/C16H20N4O/c1-16(2,12-9-20-6-4-3-5-13(20)18-12)19-15(21)14-10-7-17-8-11(10)14/h3-6,9-11,14,17H,7-8H2,1-2H3,(H,19,21)/t10-,11+,14+. The first-order chi connectivity index (χ1) is 10.1. The molecule has 1 saturated carbocycles. The van der Waals surface area contributed by atoms with Crippen LogP contribution in [0.3, 0.4) is 0 Å². The lowest BCUT2D eigenvalue weighted by molar-refractivity contribution is -0.124. The van der Waals surface area contributed by atoms with E-state index < -0.39 is 5.54 Å². The van der Waals surface area contributed by atoms with Crippen molar-refractivity contribution in [3.8, 4) is 0 Å². The smallest absolute Gasteiger partial charge is 0.224 e. The topological polar surface area (TPSA) is 58.4 Å². The summed E-state index contributed by atoms with van der Waals surface area (Å²) in [7, 11) is 0. The number of carbonyl (C=O) groups excluding carboxylic acids is 1. The highest BCUT2D eigenvalue weighted by Gasteiger charge is 2.57. The van der Waals surface area contributed by atoms with Crippen molar-refractivity contribution in [2.24, 2.45) is 17.8 Å². The Balaban J connectivity index is 1.54. The van der Waals surface area contributed by atoms with Gasteiger partial charge in [0, 0.05) is 18.3 Å². The minimum atomic E-state index is -0.451. The molecule has 2 aliphatic rings. The zero-order valence-electron chi connectivity index (χ0n) is 12.3. The van der Waals surface area contributed by atoms with E-state index in [2.05, 4.69) is 15.6 Å². The van der Waals surface area contributed by atoms with E-state index in [9.17, 15) is 4.79 Å². The SMILES string of the molecule is CC(C)(NC(=O)[C@H]1[C@@H]2CNC[C@@H]21)c1cn2ccccc2n1. The van der Waals surface area contributed by atoms with Crippen LogP contribution in [0.4, 0.5) is 0 Å². The van der Waals surface area contributed by atoms with Gasteiger partial charge in [-0.15, -0.1) is 0 Å². The monoisotopic (exact) mass is 284 g/mol. The maximum atomic E-state index is 12.4. The molecule has 21 heavy (non-hydrogen) atoms. The van der Waals surface area contributed by atoms with Crippen LogP contribution >= 0.6 is 0 Å². The second-order valence-electron chi connectivity index (χ2n) is 6.72. The molecule has 1 amide bonds. The predicted molar refractivity (Wildman–Crippen MR) is 79.7 cm³/mol. The van der Waals surface area contributed by atoms with E-state index in [1.165, 1.54) is 0 Å². The van der Waals surface area contributed by atoms with Gasteiger partial charge in [0.05, 0.1) is 11.2 Å². The highest BCUT2D eigenvalue weighted by atomic mass is 16.2. The summed E-state index contributed by atoms with van der Waals surface area (Å²) in [6, 6.07) is 5.91. The number of amides is 1. The first-order valence-electron chi connectivity index (χ1n) is 7.53. The lowest BCUT2D eigenvalue weighted by Crippen LogP contribution is -2.43. The van der Waals surface area contributed by atoms with E-state index in [4.69, 9.17) is 0 Å². The van der Waals surface area contributed by atoms with E-state index in [0.29, 0.717) is 11.8 Å². The molecule has 0 aromatic carbocycles. The molecular weight excluding hydrogens is 264 g/mol. The van der Waals surface area contributed by atoms with Crippen molar-refractivity contribution in [1.29, 1.82) is 0 Å². The van der Waals surface area contributed by atoms with Crippen LogP contribution in [0.2, 0.25) is 0 Å². The molecule has 3 atom stereocenters. The Kier molecular flexibility index (Phi) is 2.63. The van der Waals surface area contributed by atoms with Crippen LogP contribution in [0.15, 0.2) is 30.6 Å². The van der Waals surface area contributed by atoms with Crippen molar-refractivity contribution in [2.45, 2.75) is 19.4 Å². The summed E-state index contributed by atoms with van der Waals surface area (Å²) < 4.78 is 1.99. The van der Waals surface area contributed by atoms with Gasteiger partial charge in [0.2, 0.25) is 5.91 Å². The summed E-state index contributed by atoms with van der Waals surface area (Å²) in [6.45, 7) is 6.00. The molecule has 2 fully saturated rings. The zero-order chi connectivity index (χ0) is 14.6. The Morgan fingerprint density at radius 3 is 2.86 bits per heavy atom. The van der Waals surface area contributed by atoms with Crippen LogP contribution in [0.5, 0.6) is 0 Å². The molecule has 0 radical (unpaired) electrons. The van der Waals surface area contributed by atoms with Gasteiger partial charge in [-0.2, -0.15) is 0 Å². The minimum Gasteiger partial charge on any atom is -0.345 e. The third-order valence-corrected chi connectivity index (χ3v) is 4.83. The van der Waals surface area contributed by atoms with Crippen LogP contribution < -0.4 is 10.6 Å². The maximum absolute atomic E-state index is 12.4. The first kappa shape index (κ1) is 12.8. The largest absolute Gasteiger partial charge is 0.345 e. The number of imidazole rings is 1. The summed E-state index contributed by atoms with van der Waals surface area (Å²) in [5.41, 5.74) is 1.35. The van der Waals surface area contributed by atoms with Gasteiger partial charge >= 0.3 is 0 Å². The Morgan fingerprint density at radius 1 is 1.38 bits per heavy atom. The van der Waals surface area contributed by atoms with Crippen LogP contribution in [0, 0.1) is 17.8 Å². The van der Waals surface area contributed by atoms with Crippen molar-refractivity contribution < 1.29 is 4.79 Å². The molecular formula is C16H20N4O. The van der Waals surface area contributed by atoms with Crippen molar-refractivity contribution in [1.82, 2.24) is 20.0 Å². The molecule has 4 rings (SSSR count). The van der Waals surface area contributed by atoms with Crippen molar-refractivity contribution in [3.63, 3.8) is 0 Å². The lowest BCUT2D eigenvalue weighted by Gasteiger charge is -2.24. The van der Waals surface area contributed by atoms with Gasteiger partial charge in [-0.05, 0) is 50.9 Å². The number of nitrogens with one attached hydrogen (secondary N) is 2. The predicted octanol–water partition coefficient (Wildman–Crippen LogP) is 1.15. The fourth-order valence-corrected chi connectivity index (χ4v) is 3.50. The van der Waals surface area contributed by atoms with Crippen LogP contribution in [-0.4, -0.2) is 28.4 Å². The van der Waals surface area contributed by atoms with E-state index in [1.54, 1.807) is 0 Å². The highest BCUT2D eigenvalue weighted by Crippen LogP contribution is 2.49. The summed E-state index contributed by atoms with van der Waals surface area (Å²) in [5.74, 6) is 1.46. The molecule has 3 heterocycles. The number of carbonyl (C=O) groups is 1. The first-order valence-corrected chi connectivity index (χ1v) is 7.53. The van der Waals surface area contributed by atoms with Crippen molar-refractivity contribution >= 4 is 11.6 Å². The number of aromatic nitrogens is 2. The van der Waals surface area contributed by atoms with E-state index in [-0.39, 0.29) is 11.8 Å². The molecule has 2 N–H and O–H groups in total. The fraction of sp³-hybridized carbons (Fsp3) is 0.500. The quantitative estimate of drug-likeness (QED) is 0.889. The maximum Gasteiger partial charge on any atom is 0.224 e. The molecule has 5 heteroatoms. The molecule has 1 saturated heterocycles. The Morgan fingerprint density at radius 2 is 2.14 bits per heavy atom. The molecule has 110 valence electrons. The molecule has 5 nitrogen and oxygen atoms in total. The van der Waals surface area contributed by atoms with Crippen molar-refractivity contribution in [3.05, 3.63) is 36.3 Å². The fourth-order valence-electron chi connectivity index (χ4n) is 3.50. The van der Waals surface area contributed by atoms with E-state index in [1.807, 2.05) is 48.8 Å². The molecule has 2 aromatic rings. The summed E-state index contributed by atoms with van der Waals surface area (Å²) >= 11 is 0. The summed E-state index contributed by atoms with van der Waals surface area (Å²) in [4.78, 5) is 17.1. The second-order valence-corrected chi connectivity index (χ2v) is 6.72. The second kappa shape index (κ2) is 4.31. The number of rotatable bonds is 3. The van der Waals surface area contributed by atoms with Gasteiger partial charge in [-0.3, -0.25) is 4.79 Å². The number of hydrogen-bond donors (Lipinski definition) is 2. The van der Waals surface area contributed by atoms with Crippen LogP contribution in [-0.2, 0) is 10.3 Å². The molecule has 0 unspecified atom stereocenters. The molecule has 0 bridgehead atoms. The lowest BCUT2D eigenvalue weighted by atomic mass is 10.0. The van der Waals surface area contributed by atoms with E-state index >= 15 is 0 Å². The average Bonchev–Trinajstić information content (AvgIpc) is 2.82. The molecule has 1 aliphatic carbocycles. The third kappa shape index (κ3) is 2.03. The zero-order valence-corrected chi connectivity index (χ0v) is 12.3. The molecule has 0 spiro atoms. The van der Waals surface area contributed by atoms with Crippen LogP contribution in [0.1, 0.15) is 19.5 Å². The number of pyridine rings is 1. The third-order valence-electron chi connectivity index (χ3n) is 4.83. The molecule has 1 aliphatic heterocycles. The van der Waals surface area contributed by atoms with Crippen molar-refractivity contribution in [2.75, 3.05) is 13.1 Å². The van der Waals surface area contributed by atoms with Gasteiger partial charge in [0.15, 0.2) is 0 Å². The highest BCUT2D eigenvalue weighted by molar-refractivity contribution is 5.83. The van der Waals surface area contributed by atoms with Gasteiger partial charge in [0.25, 0.3) is 0 Å². The summed E-state index contributed by atoms with van der Waals surface area (Å²) in [5, 5.41) is 6.50.